The highest BCUT2D eigenvalue weighted by atomic mass is 35.5. The van der Waals surface area contributed by atoms with Crippen molar-refractivity contribution < 1.29 is 9.53 Å². The Kier molecular flexibility index (Phi) is 5.88. The van der Waals surface area contributed by atoms with Crippen LogP contribution in [0.2, 0.25) is 5.02 Å². The fourth-order valence-electron chi connectivity index (χ4n) is 4.21. The number of carbonyl (C=O) groups excluding carboxylic acids is 1. The first-order chi connectivity index (χ1) is 13.7. The number of nitrogens with zero attached hydrogens (tertiary/aromatic N) is 1. The van der Waals surface area contributed by atoms with Crippen molar-refractivity contribution in [1.29, 1.82) is 0 Å². The van der Waals surface area contributed by atoms with Gasteiger partial charge in [-0.3, -0.25) is 9.69 Å². The van der Waals surface area contributed by atoms with E-state index >= 15 is 0 Å². The van der Waals surface area contributed by atoms with Crippen LogP contribution in [-0.2, 0) is 19.4 Å². The molecule has 1 N–H and O–H groups in total. The molecule has 0 radical (unpaired) electrons. The number of halogens is 1. The van der Waals surface area contributed by atoms with Gasteiger partial charge in [-0.25, -0.2) is 0 Å². The third kappa shape index (κ3) is 4.03. The van der Waals surface area contributed by atoms with Crippen molar-refractivity contribution in [2.45, 2.75) is 45.2 Å². The van der Waals surface area contributed by atoms with Gasteiger partial charge in [0.25, 0.3) is 5.91 Å². The lowest BCUT2D eigenvalue weighted by Crippen LogP contribution is -2.47. The second-order valence-electron chi connectivity index (χ2n) is 7.70. The van der Waals surface area contributed by atoms with Crippen LogP contribution in [0.1, 0.15) is 46.8 Å². The topological polar surface area (TPSA) is 41.6 Å². The number of fused-ring (bicyclic) bond motifs is 2. The van der Waals surface area contributed by atoms with Crippen LogP contribution in [0.15, 0.2) is 36.4 Å². The third-order valence-electron chi connectivity index (χ3n) is 5.75. The molecule has 4 nitrogen and oxygen atoms in total. The van der Waals surface area contributed by atoms with Crippen molar-refractivity contribution in [2.24, 2.45) is 0 Å². The molecule has 4 rings (SSSR count). The van der Waals surface area contributed by atoms with E-state index in [0.29, 0.717) is 35.5 Å². The van der Waals surface area contributed by atoms with E-state index in [9.17, 15) is 4.79 Å². The predicted molar refractivity (Wildman–Crippen MR) is 112 cm³/mol. The minimum absolute atomic E-state index is 0.102. The Morgan fingerprint density at radius 3 is 2.89 bits per heavy atom. The molecule has 0 aromatic heterocycles. The molecule has 2 heterocycles. The van der Waals surface area contributed by atoms with Crippen LogP contribution < -0.4 is 10.1 Å². The predicted octanol–water partition coefficient (Wildman–Crippen LogP) is 4.23. The average Bonchev–Trinajstić information content (AvgIpc) is 3.17. The summed E-state index contributed by atoms with van der Waals surface area (Å²) in [7, 11) is 0. The molecule has 5 heteroatoms. The molecule has 2 aromatic carbocycles. The van der Waals surface area contributed by atoms with Gasteiger partial charge < -0.3 is 10.1 Å². The van der Waals surface area contributed by atoms with E-state index in [1.54, 1.807) is 6.07 Å². The molecule has 0 saturated heterocycles. The van der Waals surface area contributed by atoms with E-state index in [4.69, 9.17) is 16.3 Å². The molecule has 1 atom stereocenters. The van der Waals surface area contributed by atoms with Gasteiger partial charge >= 0.3 is 0 Å². The maximum atomic E-state index is 12.9. The van der Waals surface area contributed by atoms with Crippen LogP contribution in [0.5, 0.6) is 5.75 Å². The maximum absolute atomic E-state index is 12.9. The molecule has 0 bridgehead atoms. The molecule has 2 aliphatic heterocycles. The summed E-state index contributed by atoms with van der Waals surface area (Å²) in [6.07, 6.45) is 4.11. The van der Waals surface area contributed by atoms with Gasteiger partial charge in [-0.1, -0.05) is 49.2 Å². The smallest absolute Gasteiger partial charge is 0.255 e. The number of amides is 1. The Bertz CT molecular complexity index is 868. The number of hydrogen-bond donors (Lipinski definition) is 1. The molecule has 0 saturated carbocycles. The number of unbranched alkanes of at least 4 members (excludes halogenated alkanes) is 1. The lowest BCUT2D eigenvalue weighted by molar-refractivity contribution is 0.0921. The Labute approximate surface area is 171 Å². The average molecular weight is 399 g/mol. The van der Waals surface area contributed by atoms with Gasteiger partial charge in [-0.05, 0) is 48.2 Å². The van der Waals surface area contributed by atoms with Crippen LogP contribution in [0.3, 0.4) is 0 Å². The SMILES string of the molecule is CCCCN1Cc2ccccc2C[C@H]1CNC(=O)c1cc(Cl)cc2c1OCC2. The molecule has 0 unspecified atom stereocenters. The summed E-state index contributed by atoms with van der Waals surface area (Å²) in [6, 6.07) is 12.5. The summed E-state index contributed by atoms with van der Waals surface area (Å²) >= 11 is 6.21. The van der Waals surface area contributed by atoms with E-state index in [-0.39, 0.29) is 5.91 Å². The lowest BCUT2D eigenvalue weighted by atomic mass is 9.93. The highest BCUT2D eigenvalue weighted by Gasteiger charge is 2.27. The van der Waals surface area contributed by atoms with E-state index in [1.807, 2.05) is 6.07 Å². The van der Waals surface area contributed by atoms with Crippen LogP contribution in [0.25, 0.3) is 0 Å². The molecule has 0 spiro atoms. The van der Waals surface area contributed by atoms with Gasteiger partial charge in [0.1, 0.15) is 5.75 Å². The molecule has 1 amide bonds. The van der Waals surface area contributed by atoms with Crippen molar-refractivity contribution in [2.75, 3.05) is 19.7 Å². The molecule has 0 fully saturated rings. The number of benzene rings is 2. The summed E-state index contributed by atoms with van der Waals surface area (Å²) < 4.78 is 5.69. The number of rotatable bonds is 6. The first kappa shape index (κ1) is 19.3. The number of nitrogens with one attached hydrogen (secondary N) is 1. The zero-order valence-electron chi connectivity index (χ0n) is 16.3. The van der Waals surface area contributed by atoms with Crippen LogP contribution in [-0.4, -0.2) is 36.5 Å². The first-order valence-electron chi connectivity index (χ1n) is 10.2. The lowest BCUT2D eigenvalue weighted by Gasteiger charge is -2.37. The monoisotopic (exact) mass is 398 g/mol. The van der Waals surface area contributed by atoms with Crippen LogP contribution >= 0.6 is 11.6 Å². The third-order valence-corrected chi connectivity index (χ3v) is 5.97. The molecular formula is C23H27ClN2O2. The van der Waals surface area contributed by atoms with Gasteiger partial charge in [-0.15, -0.1) is 0 Å². The van der Waals surface area contributed by atoms with Gasteiger partial charge in [0, 0.05) is 30.6 Å². The Hall–Kier alpha value is -2.04. The van der Waals surface area contributed by atoms with Gasteiger partial charge in [-0.2, -0.15) is 0 Å². The Morgan fingerprint density at radius 2 is 2.07 bits per heavy atom. The van der Waals surface area contributed by atoms with Crippen LogP contribution in [0.4, 0.5) is 0 Å². The fourth-order valence-corrected chi connectivity index (χ4v) is 4.45. The van der Waals surface area contributed by atoms with Crippen molar-refractivity contribution in [3.05, 3.63) is 63.7 Å². The van der Waals surface area contributed by atoms with Gasteiger partial charge in [0.15, 0.2) is 0 Å². The highest BCUT2D eigenvalue weighted by Crippen LogP contribution is 2.33. The van der Waals surface area contributed by atoms with Crippen LogP contribution in [0, 0.1) is 0 Å². The molecule has 0 aliphatic carbocycles. The number of hydrogen-bond acceptors (Lipinski definition) is 3. The maximum Gasteiger partial charge on any atom is 0.255 e. The van der Waals surface area contributed by atoms with E-state index < -0.39 is 0 Å². The normalized spacial score (nSPS) is 18.3. The summed E-state index contributed by atoms with van der Waals surface area (Å²) in [4.78, 5) is 15.4. The molecule has 2 aliphatic rings. The second-order valence-corrected chi connectivity index (χ2v) is 8.14. The molecule has 2 aromatic rings. The van der Waals surface area contributed by atoms with Crippen molar-refractivity contribution >= 4 is 17.5 Å². The minimum atomic E-state index is -0.102. The van der Waals surface area contributed by atoms with E-state index in [2.05, 4.69) is 41.4 Å². The quantitative estimate of drug-likeness (QED) is 0.791. The Morgan fingerprint density at radius 1 is 1.25 bits per heavy atom. The molecular weight excluding hydrogens is 372 g/mol. The zero-order chi connectivity index (χ0) is 19.5. The number of carbonyl (C=O) groups is 1. The zero-order valence-corrected chi connectivity index (χ0v) is 17.1. The molecule has 28 heavy (non-hydrogen) atoms. The second kappa shape index (κ2) is 8.54. The number of ether oxygens (including phenoxy) is 1. The first-order valence-corrected chi connectivity index (χ1v) is 10.6. The molecule has 148 valence electrons. The Balaban J connectivity index is 1.48. The standard InChI is InChI=1S/C23H27ClN2O2/c1-2-3-9-26-15-18-7-5-4-6-16(18)12-20(26)14-25-23(27)21-13-19(24)11-17-8-10-28-22(17)21/h4-7,11,13,20H,2-3,8-10,12,14-15H2,1H3,(H,25,27)/t20-/m0/s1. The van der Waals surface area contributed by atoms with Crippen molar-refractivity contribution in [1.82, 2.24) is 10.2 Å². The summed E-state index contributed by atoms with van der Waals surface area (Å²) in [5.74, 6) is 0.591. The van der Waals surface area contributed by atoms with Gasteiger partial charge in [0.2, 0.25) is 0 Å². The van der Waals surface area contributed by atoms with Crippen molar-refractivity contribution in [3.63, 3.8) is 0 Å². The fraction of sp³-hybridized carbons (Fsp3) is 0.435. The van der Waals surface area contributed by atoms with E-state index in [1.165, 1.54) is 24.0 Å². The van der Waals surface area contributed by atoms with Gasteiger partial charge in [0.05, 0.1) is 12.2 Å². The van der Waals surface area contributed by atoms with E-state index in [0.717, 1.165) is 31.5 Å². The minimum Gasteiger partial charge on any atom is -0.492 e. The summed E-state index contributed by atoms with van der Waals surface area (Å²) in [6.45, 7) is 5.46. The van der Waals surface area contributed by atoms with Crippen molar-refractivity contribution in [3.8, 4) is 5.75 Å². The largest absolute Gasteiger partial charge is 0.492 e. The highest BCUT2D eigenvalue weighted by molar-refractivity contribution is 6.31. The summed E-state index contributed by atoms with van der Waals surface area (Å²) in [5.41, 5.74) is 4.37. The summed E-state index contributed by atoms with van der Waals surface area (Å²) in [5, 5.41) is 3.73.